The van der Waals surface area contributed by atoms with Crippen LogP contribution in [0.5, 0.6) is 0 Å². The number of nitrogens with zero attached hydrogens (tertiary/aromatic N) is 3. The van der Waals surface area contributed by atoms with E-state index in [0.29, 0.717) is 5.69 Å². The van der Waals surface area contributed by atoms with Crippen LogP contribution in [0.2, 0.25) is 0 Å². The Labute approximate surface area is 113 Å². The predicted molar refractivity (Wildman–Crippen MR) is 62.8 cm³/mol. The number of halogens is 3. The van der Waals surface area contributed by atoms with Crippen LogP contribution < -0.4 is 0 Å². The van der Waals surface area contributed by atoms with Crippen LogP contribution in [-0.4, -0.2) is 45.2 Å². The van der Waals surface area contributed by atoms with E-state index in [-0.39, 0.29) is 6.54 Å². The molecule has 0 bridgehead atoms. The number of carbonyl (C=O) groups is 1. The molecule has 0 spiro atoms. The van der Waals surface area contributed by atoms with Gasteiger partial charge < -0.3 is 5.11 Å². The third-order valence-corrected chi connectivity index (χ3v) is 3.81. The van der Waals surface area contributed by atoms with Gasteiger partial charge in [-0.1, -0.05) is 0 Å². The molecule has 20 heavy (non-hydrogen) atoms. The lowest BCUT2D eigenvalue weighted by molar-refractivity contribution is -0.227. The molecule has 110 valence electrons. The lowest BCUT2D eigenvalue weighted by Gasteiger charge is -2.29. The maximum atomic E-state index is 13.1. The molecule has 2 unspecified atom stereocenters. The second kappa shape index (κ2) is 5.01. The van der Waals surface area contributed by atoms with E-state index >= 15 is 0 Å². The molecule has 0 saturated carbocycles. The van der Waals surface area contributed by atoms with E-state index in [1.165, 1.54) is 23.5 Å². The van der Waals surface area contributed by atoms with Crippen LogP contribution in [0.1, 0.15) is 25.1 Å². The average molecular weight is 289 g/mol. The fourth-order valence-electron chi connectivity index (χ4n) is 2.41. The molecule has 1 aromatic rings. The normalized spacial score (nSPS) is 25.6. The number of rotatable bonds is 3. The molecule has 2 atom stereocenters. The van der Waals surface area contributed by atoms with Crippen molar-refractivity contribution in [1.82, 2.24) is 14.9 Å². The van der Waals surface area contributed by atoms with Crippen LogP contribution >= 0.6 is 0 Å². The SMILES string of the molecule is CC(c1cnccn1)N1CCC(C(=O)O)(C(F)(F)F)C1. The van der Waals surface area contributed by atoms with Gasteiger partial charge >= 0.3 is 12.1 Å². The van der Waals surface area contributed by atoms with E-state index in [9.17, 15) is 18.0 Å². The van der Waals surface area contributed by atoms with Crippen molar-refractivity contribution in [2.45, 2.75) is 25.6 Å². The zero-order chi connectivity index (χ0) is 15.0. The Morgan fingerprint density at radius 1 is 1.50 bits per heavy atom. The first-order valence-corrected chi connectivity index (χ1v) is 6.08. The van der Waals surface area contributed by atoms with Crippen molar-refractivity contribution < 1.29 is 23.1 Å². The standard InChI is InChI=1S/C12H14F3N3O2/c1-8(9-6-16-3-4-17-9)18-5-2-11(7-18,10(19)20)12(13,14)15/h3-4,6,8H,2,5,7H2,1H3,(H,19,20). The topological polar surface area (TPSA) is 66.3 Å². The van der Waals surface area contributed by atoms with Crippen molar-refractivity contribution in [2.75, 3.05) is 13.1 Å². The molecule has 0 radical (unpaired) electrons. The van der Waals surface area contributed by atoms with Gasteiger partial charge in [0.2, 0.25) is 0 Å². The van der Waals surface area contributed by atoms with Gasteiger partial charge in [0.25, 0.3) is 0 Å². The number of aromatic nitrogens is 2. The van der Waals surface area contributed by atoms with Gasteiger partial charge in [-0.25, -0.2) is 0 Å². The molecule has 0 amide bonds. The summed E-state index contributed by atoms with van der Waals surface area (Å²) in [6.07, 6.45) is -0.821. The summed E-state index contributed by atoms with van der Waals surface area (Å²) in [4.78, 5) is 20.5. The molecular formula is C12H14F3N3O2. The van der Waals surface area contributed by atoms with Gasteiger partial charge in [-0.15, -0.1) is 0 Å². The molecule has 2 heterocycles. The largest absolute Gasteiger partial charge is 0.481 e. The number of likely N-dealkylation sites (tertiary alicyclic amines) is 1. The summed E-state index contributed by atoms with van der Waals surface area (Å²) in [5.41, 5.74) is -2.17. The van der Waals surface area contributed by atoms with Gasteiger partial charge in [0.1, 0.15) is 0 Å². The summed E-state index contributed by atoms with van der Waals surface area (Å²) in [5, 5.41) is 8.99. The Hall–Kier alpha value is -1.70. The number of aliphatic carboxylic acids is 1. The molecule has 1 saturated heterocycles. The van der Waals surface area contributed by atoms with Crippen molar-refractivity contribution in [3.63, 3.8) is 0 Å². The number of carboxylic acid groups (broad SMARTS) is 1. The summed E-state index contributed by atoms with van der Waals surface area (Å²) < 4.78 is 39.2. The van der Waals surface area contributed by atoms with E-state index < -0.39 is 36.6 Å². The molecular weight excluding hydrogens is 275 g/mol. The van der Waals surface area contributed by atoms with Crippen LogP contribution in [0.15, 0.2) is 18.6 Å². The molecule has 1 N–H and O–H groups in total. The summed E-state index contributed by atoms with van der Waals surface area (Å²) in [6.45, 7) is 1.19. The van der Waals surface area contributed by atoms with Crippen LogP contribution in [0.4, 0.5) is 13.2 Å². The van der Waals surface area contributed by atoms with E-state index in [4.69, 9.17) is 5.11 Å². The van der Waals surface area contributed by atoms with Crippen molar-refractivity contribution in [3.05, 3.63) is 24.3 Å². The first-order chi connectivity index (χ1) is 9.28. The monoisotopic (exact) mass is 289 g/mol. The van der Waals surface area contributed by atoms with E-state index in [2.05, 4.69) is 9.97 Å². The van der Waals surface area contributed by atoms with Crippen LogP contribution in [0.25, 0.3) is 0 Å². The summed E-state index contributed by atoms with van der Waals surface area (Å²) in [7, 11) is 0. The Morgan fingerprint density at radius 2 is 2.20 bits per heavy atom. The lowest BCUT2D eigenvalue weighted by atomic mass is 9.86. The molecule has 1 aromatic heterocycles. The highest BCUT2D eigenvalue weighted by atomic mass is 19.4. The fourth-order valence-corrected chi connectivity index (χ4v) is 2.41. The molecule has 1 aliphatic rings. The van der Waals surface area contributed by atoms with Gasteiger partial charge in [0.05, 0.1) is 11.7 Å². The Kier molecular flexibility index (Phi) is 3.68. The van der Waals surface area contributed by atoms with Crippen molar-refractivity contribution in [3.8, 4) is 0 Å². The quantitative estimate of drug-likeness (QED) is 0.920. The Bertz CT molecular complexity index is 494. The second-order valence-electron chi connectivity index (χ2n) is 4.91. The van der Waals surface area contributed by atoms with Crippen LogP contribution in [0.3, 0.4) is 0 Å². The minimum absolute atomic E-state index is 0.0591. The van der Waals surface area contributed by atoms with Gasteiger partial charge in [0.15, 0.2) is 5.41 Å². The maximum absolute atomic E-state index is 13.1. The first kappa shape index (κ1) is 14.7. The Balaban J connectivity index is 2.21. The summed E-state index contributed by atoms with van der Waals surface area (Å²) in [5.74, 6) is -1.82. The highest BCUT2D eigenvalue weighted by molar-refractivity contribution is 5.76. The third-order valence-electron chi connectivity index (χ3n) is 3.81. The lowest BCUT2D eigenvalue weighted by Crippen LogP contribution is -2.47. The molecule has 5 nitrogen and oxygen atoms in total. The smallest absolute Gasteiger partial charge is 0.406 e. The van der Waals surface area contributed by atoms with E-state index in [0.717, 1.165) is 0 Å². The van der Waals surface area contributed by atoms with Gasteiger partial charge in [0, 0.05) is 31.7 Å². The zero-order valence-corrected chi connectivity index (χ0v) is 10.8. The highest BCUT2D eigenvalue weighted by Gasteiger charge is 2.63. The second-order valence-corrected chi connectivity index (χ2v) is 4.91. The number of alkyl halides is 3. The highest BCUT2D eigenvalue weighted by Crippen LogP contribution is 2.47. The van der Waals surface area contributed by atoms with Gasteiger partial charge in [-0.2, -0.15) is 13.2 Å². The van der Waals surface area contributed by atoms with Gasteiger partial charge in [-0.3, -0.25) is 19.7 Å². The maximum Gasteiger partial charge on any atom is 0.406 e. The molecule has 8 heteroatoms. The predicted octanol–water partition coefficient (Wildman–Crippen LogP) is 1.88. The zero-order valence-electron chi connectivity index (χ0n) is 10.8. The Morgan fingerprint density at radius 3 is 2.65 bits per heavy atom. The average Bonchev–Trinajstić information content (AvgIpc) is 2.85. The molecule has 0 aromatic carbocycles. The number of hydrogen-bond acceptors (Lipinski definition) is 4. The van der Waals surface area contributed by atoms with Gasteiger partial charge in [-0.05, 0) is 13.3 Å². The minimum atomic E-state index is -4.77. The number of hydrogen-bond donors (Lipinski definition) is 1. The van der Waals surface area contributed by atoms with Crippen LogP contribution in [-0.2, 0) is 4.79 Å². The molecule has 1 aliphatic heterocycles. The first-order valence-electron chi connectivity index (χ1n) is 6.08. The third kappa shape index (κ3) is 2.35. The summed E-state index contributed by atoms with van der Waals surface area (Å²) >= 11 is 0. The van der Waals surface area contributed by atoms with E-state index in [1.54, 1.807) is 6.92 Å². The van der Waals surface area contributed by atoms with E-state index in [1.807, 2.05) is 0 Å². The summed E-state index contributed by atoms with van der Waals surface area (Å²) in [6, 6.07) is -0.410. The number of carboxylic acids is 1. The molecule has 0 aliphatic carbocycles. The minimum Gasteiger partial charge on any atom is -0.481 e. The van der Waals surface area contributed by atoms with Crippen molar-refractivity contribution >= 4 is 5.97 Å². The fraction of sp³-hybridized carbons (Fsp3) is 0.583. The van der Waals surface area contributed by atoms with Crippen molar-refractivity contribution in [1.29, 1.82) is 0 Å². The molecule has 2 rings (SSSR count). The molecule has 1 fully saturated rings. The van der Waals surface area contributed by atoms with Crippen LogP contribution in [0, 0.1) is 5.41 Å². The van der Waals surface area contributed by atoms with Crippen molar-refractivity contribution in [2.24, 2.45) is 5.41 Å².